The van der Waals surface area contributed by atoms with Crippen LogP contribution in [-0.4, -0.2) is 23.1 Å². The van der Waals surface area contributed by atoms with Crippen molar-refractivity contribution in [1.82, 2.24) is 5.32 Å². The molecule has 2 unspecified atom stereocenters. The molecule has 1 saturated heterocycles. The van der Waals surface area contributed by atoms with E-state index in [-0.39, 0.29) is 10.6 Å². The first-order valence-corrected chi connectivity index (χ1v) is 9.13. The van der Waals surface area contributed by atoms with Crippen molar-refractivity contribution < 1.29 is 4.39 Å². The monoisotopic (exact) mass is 359 g/mol. The third kappa shape index (κ3) is 4.22. The molecule has 0 spiro atoms. The van der Waals surface area contributed by atoms with E-state index in [1.807, 2.05) is 6.07 Å². The third-order valence-electron chi connectivity index (χ3n) is 3.99. The summed E-state index contributed by atoms with van der Waals surface area (Å²) >= 11 is 5.45. The maximum absolute atomic E-state index is 13.5. The molecule has 0 amide bonds. The molecule has 2 rings (SSSR count). The number of hydrogen-bond donors (Lipinski definition) is 1. The second kappa shape index (κ2) is 7.28. The molecule has 0 aliphatic carbocycles. The Morgan fingerprint density at radius 1 is 1.45 bits per heavy atom. The van der Waals surface area contributed by atoms with Crippen molar-refractivity contribution >= 4 is 27.7 Å². The van der Waals surface area contributed by atoms with Gasteiger partial charge in [-0.25, -0.2) is 4.39 Å². The lowest BCUT2D eigenvalue weighted by Gasteiger charge is -2.34. The summed E-state index contributed by atoms with van der Waals surface area (Å²) in [6.45, 7) is 5.57. The molecule has 0 aromatic heterocycles. The zero-order valence-electron chi connectivity index (χ0n) is 12.2. The second-order valence-corrected chi connectivity index (χ2v) is 8.30. The molecular formula is C16H23BrFNS. The van der Waals surface area contributed by atoms with Gasteiger partial charge in [0, 0.05) is 15.3 Å². The summed E-state index contributed by atoms with van der Waals surface area (Å²) < 4.78 is 14.6. The van der Waals surface area contributed by atoms with Gasteiger partial charge in [-0.3, -0.25) is 0 Å². The van der Waals surface area contributed by atoms with E-state index in [2.05, 4.69) is 46.9 Å². The number of rotatable bonds is 6. The molecule has 1 N–H and O–H groups in total. The molecule has 0 saturated carbocycles. The molecule has 0 radical (unpaired) electrons. The van der Waals surface area contributed by atoms with Crippen molar-refractivity contribution in [3.63, 3.8) is 0 Å². The van der Waals surface area contributed by atoms with Crippen molar-refractivity contribution in [3.05, 3.63) is 34.1 Å². The highest BCUT2D eigenvalue weighted by molar-refractivity contribution is 9.10. The zero-order valence-corrected chi connectivity index (χ0v) is 14.6. The van der Waals surface area contributed by atoms with E-state index in [9.17, 15) is 4.39 Å². The number of benzene rings is 1. The van der Waals surface area contributed by atoms with Crippen LogP contribution in [0, 0.1) is 5.82 Å². The van der Waals surface area contributed by atoms with E-state index >= 15 is 0 Å². The summed E-state index contributed by atoms with van der Waals surface area (Å²) in [5.74, 6) is 1.08. The van der Waals surface area contributed by atoms with Crippen molar-refractivity contribution in [2.45, 2.75) is 50.3 Å². The molecule has 20 heavy (non-hydrogen) atoms. The first-order chi connectivity index (χ1) is 9.53. The number of halogens is 2. The third-order valence-corrected chi connectivity index (χ3v) is 6.09. The average molecular weight is 360 g/mol. The van der Waals surface area contributed by atoms with Crippen LogP contribution < -0.4 is 5.32 Å². The van der Waals surface area contributed by atoms with Crippen molar-refractivity contribution in [2.24, 2.45) is 0 Å². The maximum atomic E-state index is 13.5. The lowest BCUT2D eigenvalue weighted by atomic mass is 9.90. The molecule has 1 aliphatic heterocycles. The number of thioether (sulfide) groups is 1. The van der Waals surface area contributed by atoms with Gasteiger partial charge in [-0.15, -0.1) is 0 Å². The van der Waals surface area contributed by atoms with Gasteiger partial charge in [0.25, 0.3) is 0 Å². The Hall–Kier alpha value is -0.0600. The fourth-order valence-electron chi connectivity index (χ4n) is 2.86. The smallest absolute Gasteiger partial charge is 0.124 e. The number of hydrogen-bond acceptors (Lipinski definition) is 2. The Bertz CT molecular complexity index is 426. The fraction of sp³-hybridized carbons (Fsp3) is 0.625. The van der Waals surface area contributed by atoms with Crippen LogP contribution in [0.3, 0.4) is 0 Å². The minimum Gasteiger partial charge on any atom is -0.312 e. The first kappa shape index (κ1) is 16.3. The molecule has 1 fully saturated rings. The molecule has 1 aromatic rings. The number of nitrogens with one attached hydrogen (secondary N) is 1. The molecule has 2 atom stereocenters. The van der Waals surface area contributed by atoms with Gasteiger partial charge in [-0.1, -0.05) is 22.9 Å². The maximum Gasteiger partial charge on any atom is 0.124 e. The summed E-state index contributed by atoms with van der Waals surface area (Å²) in [7, 11) is 0. The van der Waals surface area contributed by atoms with Crippen LogP contribution >= 0.6 is 27.7 Å². The lowest BCUT2D eigenvalue weighted by Crippen LogP contribution is -2.47. The van der Waals surface area contributed by atoms with Gasteiger partial charge in [0.1, 0.15) is 5.82 Å². The first-order valence-electron chi connectivity index (χ1n) is 7.36. The Kier molecular flexibility index (Phi) is 5.94. The molecule has 1 aromatic carbocycles. The van der Waals surface area contributed by atoms with E-state index in [0.717, 1.165) is 29.4 Å². The van der Waals surface area contributed by atoms with Gasteiger partial charge in [0.05, 0.1) is 0 Å². The molecule has 0 bridgehead atoms. The standard InChI is InChI=1S/C16H23BrFNS/c1-3-6-19-15(16(2)5-4-7-20-16)10-12-8-13(17)11-14(18)9-12/h8-9,11,15,19H,3-7,10H2,1-2H3. The minimum absolute atomic E-state index is 0.159. The highest BCUT2D eigenvalue weighted by Gasteiger charge is 2.37. The van der Waals surface area contributed by atoms with Gasteiger partial charge in [0.15, 0.2) is 0 Å². The van der Waals surface area contributed by atoms with Gasteiger partial charge < -0.3 is 5.32 Å². The molecule has 1 aliphatic rings. The predicted molar refractivity (Wildman–Crippen MR) is 90.0 cm³/mol. The zero-order chi connectivity index (χ0) is 14.6. The topological polar surface area (TPSA) is 12.0 Å². The average Bonchev–Trinajstić information content (AvgIpc) is 2.81. The molecule has 1 heterocycles. The van der Waals surface area contributed by atoms with Crippen molar-refractivity contribution in [3.8, 4) is 0 Å². The van der Waals surface area contributed by atoms with E-state index in [0.29, 0.717) is 6.04 Å². The van der Waals surface area contributed by atoms with Crippen LogP contribution in [0.5, 0.6) is 0 Å². The van der Waals surface area contributed by atoms with E-state index < -0.39 is 0 Å². The molecule has 4 heteroatoms. The van der Waals surface area contributed by atoms with Crippen LogP contribution in [0.1, 0.15) is 38.7 Å². The Morgan fingerprint density at radius 2 is 2.25 bits per heavy atom. The van der Waals surface area contributed by atoms with Gasteiger partial charge in [-0.2, -0.15) is 11.8 Å². The highest BCUT2D eigenvalue weighted by atomic mass is 79.9. The van der Waals surface area contributed by atoms with E-state index in [4.69, 9.17) is 0 Å². The fourth-order valence-corrected chi connectivity index (χ4v) is 4.79. The van der Waals surface area contributed by atoms with Crippen LogP contribution in [0.25, 0.3) is 0 Å². The Balaban J connectivity index is 2.14. The minimum atomic E-state index is -0.159. The van der Waals surface area contributed by atoms with Crippen LogP contribution in [0.2, 0.25) is 0 Å². The largest absolute Gasteiger partial charge is 0.312 e. The molecule has 112 valence electrons. The van der Waals surface area contributed by atoms with Crippen molar-refractivity contribution in [1.29, 1.82) is 0 Å². The van der Waals surface area contributed by atoms with Gasteiger partial charge in [-0.05, 0) is 68.7 Å². The Labute approximate surface area is 134 Å². The van der Waals surface area contributed by atoms with E-state index in [1.54, 1.807) is 6.07 Å². The van der Waals surface area contributed by atoms with Gasteiger partial charge in [0.2, 0.25) is 0 Å². The van der Waals surface area contributed by atoms with Crippen LogP contribution in [-0.2, 0) is 6.42 Å². The summed E-state index contributed by atoms with van der Waals surface area (Å²) in [6.07, 6.45) is 4.55. The molecular weight excluding hydrogens is 337 g/mol. The Morgan fingerprint density at radius 3 is 2.85 bits per heavy atom. The van der Waals surface area contributed by atoms with Crippen LogP contribution in [0.4, 0.5) is 4.39 Å². The van der Waals surface area contributed by atoms with E-state index in [1.165, 1.54) is 24.7 Å². The molecule has 1 nitrogen and oxygen atoms in total. The summed E-state index contributed by atoms with van der Waals surface area (Å²) in [5.41, 5.74) is 1.07. The second-order valence-electron chi connectivity index (χ2n) is 5.75. The van der Waals surface area contributed by atoms with Crippen LogP contribution in [0.15, 0.2) is 22.7 Å². The summed E-state index contributed by atoms with van der Waals surface area (Å²) in [5, 5.41) is 3.68. The summed E-state index contributed by atoms with van der Waals surface area (Å²) in [6, 6.07) is 5.62. The summed E-state index contributed by atoms with van der Waals surface area (Å²) in [4.78, 5) is 0. The highest BCUT2D eigenvalue weighted by Crippen LogP contribution is 2.41. The lowest BCUT2D eigenvalue weighted by molar-refractivity contribution is 0.398. The van der Waals surface area contributed by atoms with Crippen molar-refractivity contribution in [2.75, 3.05) is 12.3 Å². The normalized spacial score (nSPS) is 24.0. The van der Waals surface area contributed by atoms with Gasteiger partial charge >= 0.3 is 0 Å². The quantitative estimate of drug-likeness (QED) is 0.783. The SMILES string of the molecule is CCCNC(Cc1cc(F)cc(Br)c1)C1(C)CCCS1. The predicted octanol–water partition coefficient (Wildman–Crippen LogP) is 4.78.